The Balaban J connectivity index is 2.36. The number of carbonyl (C=O) groups excluding carboxylic acids is 1. The molecule has 0 unspecified atom stereocenters. The lowest BCUT2D eigenvalue weighted by molar-refractivity contribution is 0.0515. The van der Waals surface area contributed by atoms with Crippen molar-refractivity contribution in [1.82, 2.24) is 20.0 Å². The van der Waals surface area contributed by atoms with Crippen LogP contribution in [0.25, 0.3) is 5.82 Å². The van der Waals surface area contributed by atoms with E-state index in [1.807, 2.05) is 0 Å². The predicted molar refractivity (Wildman–Crippen MR) is 60.1 cm³/mol. The van der Waals surface area contributed by atoms with Crippen molar-refractivity contribution in [3.63, 3.8) is 0 Å². The third-order valence-electron chi connectivity index (χ3n) is 1.96. The SMILES string of the molecule is CCOC(=O)c1ccnn1-c1ccc(Cl)nn1. The number of ether oxygens (including phenoxy) is 1. The second-order valence-corrected chi connectivity index (χ2v) is 3.45. The molecule has 0 fully saturated rings. The van der Waals surface area contributed by atoms with Gasteiger partial charge in [0.05, 0.1) is 12.8 Å². The highest BCUT2D eigenvalue weighted by Gasteiger charge is 2.15. The number of esters is 1. The van der Waals surface area contributed by atoms with Gasteiger partial charge in [0.15, 0.2) is 16.7 Å². The number of hydrogen-bond donors (Lipinski definition) is 0. The third kappa shape index (κ3) is 2.42. The van der Waals surface area contributed by atoms with Crippen molar-refractivity contribution in [3.05, 3.63) is 35.2 Å². The summed E-state index contributed by atoms with van der Waals surface area (Å²) in [7, 11) is 0. The zero-order valence-corrected chi connectivity index (χ0v) is 9.76. The summed E-state index contributed by atoms with van der Waals surface area (Å²) in [4.78, 5) is 11.6. The van der Waals surface area contributed by atoms with Crippen molar-refractivity contribution in [3.8, 4) is 5.82 Å². The van der Waals surface area contributed by atoms with E-state index in [0.29, 0.717) is 18.1 Å². The van der Waals surface area contributed by atoms with Gasteiger partial charge in [0, 0.05) is 0 Å². The van der Waals surface area contributed by atoms with Gasteiger partial charge in [-0.15, -0.1) is 10.2 Å². The van der Waals surface area contributed by atoms with Crippen molar-refractivity contribution in [2.24, 2.45) is 0 Å². The minimum absolute atomic E-state index is 0.276. The molecule has 2 aromatic heterocycles. The van der Waals surface area contributed by atoms with Gasteiger partial charge in [0.1, 0.15) is 0 Å². The minimum atomic E-state index is -0.457. The second kappa shape index (κ2) is 4.92. The number of aromatic nitrogens is 4. The van der Waals surface area contributed by atoms with E-state index in [9.17, 15) is 4.79 Å². The summed E-state index contributed by atoms with van der Waals surface area (Å²) in [6.45, 7) is 2.04. The van der Waals surface area contributed by atoms with Crippen LogP contribution in [0.3, 0.4) is 0 Å². The fourth-order valence-electron chi connectivity index (χ4n) is 1.27. The summed E-state index contributed by atoms with van der Waals surface area (Å²) in [5, 5.41) is 11.8. The zero-order valence-electron chi connectivity index (χ0n) is 9.00. The van der Waals surface area contributed by atoms with Crippen molar-refractivity contribution in [1.29, 1.82) is 0 Å². The molecule has 0 amide bonds. The topological polar surface area (TPSA) is 69.9 Å². The van der Waals surface area contributed by atoms with Gasteiger partial charge in [-0.25, -0.2) is 9.48 Å². The fraction of sp³-hybridized carbons (Fsp3) is 0.200. The molecule has 88 valence electrons. The molecule has 0 aliphatic carbocycles. The summed E-state index contributed by atoms with van der Waals surface area (Å²) in [5.41, 5.74) is 0.295. The number of carbonyl (C=O) groups is 1. The molecule has 0 spiro atoms. The van der Waals surface area contributed by atoms with Crippen molar-refractivity contribution >= 4 is 17.6 Å². The Hall–Kier alpha value is -1.95. The highest BCUT2D eigenvalue weighted by molar-refractivity contribution is 6.29. The quantitative estimate of drug-likeness (QED) is 0.774. The fourth-order valence-corrected chi connectivity index (χ4v) is 1.37. The van der Waals surface area contributed by atoms with Crippen LogP contribution in [0.5, 0.6) is 0 Å². The minimum Gasteiger partial charge on any atom is -0.461 e. The maximum absolute atomic E-state index is 11.6. The summed E-state index contributed by atoms with van der Waals surface area (Å²) >= 11 is 5.63. The lowest BCUT2D eigenvalue weighted by atomic mass is 10.4. The first-order valence-electron chi connectivity index (χ1n) is 4.93. The van der Waals surface area contributed by atoms with Gasteiger partial charge in [0.25, 0.3) is 0 Å². The molecule has 0 bridgehead atoms. The molecular formula is C10H9ClN4O2. The van der Waals surface area contributed by atoms with E-state index in [-0.39, 0.29) is 5.15 Å². The van der Waals surface area contributed by atoms with Gasteiger partial charge in [-0.1, -0.05) is 11.6 Å². The average Bonchev–Trinajstić information content (AvgIpc) is 2.79. The molecule has 7 heteroatoms. The molecule has 0 N–H and O–H groups in total. The first-order chi connectivity index (χ1) is 8.22. The van der Waals surface area contributed by atoms with E-state index >= 15 is 0 Å². The summed E-state index contributed by atoms with van der Waals surface area (Å²) in [5.74, 6) is -0.0517. The number of hydrogen-bond acceptors (Lipinski definition) is 5. The van der Waals surface area contributed by atoms with Crippen LogP contribution in [0.2, 0.25) is 5.15 Å². The van der Waals surface area contributed by atoms with Crippen LogP contribution < -0.4 is 0 Å². The van der Waals surface area contributed by atoms with E-state index < -0.39 is 5.97 Å². The smallest absolute Gasteiger partial charge is 0.357 e. The Morgan fingerprint density at radius 1 is 1.41 bits per heavy atom. The van der Waals surface area contributed by atoms with E-state index in [1.54, 1.807) is 25.1 Å². The van der Waals surface area contributed by atoms with Crippen LogP contribution in [0.4, 0.5) is 0 Å². The molecule has 2 aromatic rings. The molecule has 2 heterocycles. The van der Waals surface area contributed by atoms with Gasteiger partial charge >= 0.3 is 5.97 Å². The molecule has 0 aliphatic rings. The Labute approximate surface area is 102 Å². The van der Waals surface area contributed by atoms with Crippen LogP contribution in [0, 0.1) is 0 Å². The van der Waals surface area contributed by atoms with Gasteiger partial charge in [-0.05, 0) is 25.1 Å². The molecular weight excluding hydrogens is 244 g/mol. The normalized spacial score (nSPS) is 10.2. The van der Waals surface area contributed by atoms with Crippen LogP contribution >= 0.6 is 11.6 Å². The molecule has 17 heavy (non-hydrogen) atoms. The lowest BCUT2D eigenvalue weighted by Gasteiger charge is -2.04. The first kappa shape index (κ1) is 11.5. The van der Waals surface area contributed by atoms with E-state index in [2.05, 4.69) is 15.3 Å². The van der Waals surface area contributed by atoms with Gasteiger partial charge in [0.2, 0.25) is 0 Å². The molecule has 0 saturated carbocycles. The Kier molecular flexibility index (Phi) is 3.34. The molecule has 0 atom stereocenters. The van der Waals surface area contributed by atoms with Gasteiger partial charge < -0.3 is 4.74 Å². The van der Waals surface area contributed by atoms with Crippen LogP contribution in [-0.4, -0.2) is 32.6 Å². The molecule has 0 saturated heterocycles. The predicted octanol–water partition coefficient (Wildman–Crippen LogP) is 1.49. The average molecular weight is 253 g/mol. The number of halogens is 1. The largest absolute Gasteiger partial charge is 0.461 e. The summed E-state index contributed by atoms with van der Waals surface area (Å²) < 4.78 is 6.25. The highest BCUT2D eigenvalue weighted by atomic mass is 35.5. The zero-order chi connectivity index (χ0) is 12.3. The summed E-state index contributed by atoms with van der Waals surface area (Å²) in [6, 6.07) is 4.74. The Bertz CT molecular complexity index is 523. The Morgan fingerprint density at radius 2 is 2.24 bits per heavy atom. The maximum Gasteiger partial charge on any atom is 0.357 e. The number of nitrogens with zero attached hydrogens (tertiary/aromatic N) is 4. The highest BCUT2D eigenvalue weighted by Crippen LogP contribution is 2.10. The third-order valence-corrected chi connectivity index (χ3v) is 2.16. The van der Waals surface area contributed by atoms with Crippen molar-refractivity contribution < 1.29 is 9.53 Å². The molecule has 0 aliphatic heterocycles. The van der Waals surface area contributed by atoms with Crippen molar-refractivity contribution in [2.75, 3.05) is 6.61 Å². The molecule has 0 radical (unpaired) electrons. The van der Waals surface area contributed by atoms with Crippen LogP contribution in [0.1, 0.15) is 17.4 Å². The van der Waals surface area contributed by atoms with Gasteiger partial charge in [-0.3, -0.25) is 0 Å². The maximum atomic E-state index is 11.6. The van der Waals surface area contributed by atoms with Crippen LogP contribution in [0.15, 0.2) is 24.4 Å². The number of rotatable bonds is 3. The van der Waals surface area contributed by atoms with E-state index in [1.165, 1.54) is 10.9 Å². The molecule has 6 nitrogen and oxygen atoms in total. The molecule has 2 rings (SSSR count). The van der Waals surface area contributed by atoms with E-state index in [0.717, 1.165) is 0 Å². The van der Waals surface area contributed by atoms with E-state index in [4.69, 9.17) is 16.3 Å². The monoisotopic (exact) mass is 252 g/mol. The first-order valence-corrected chi connectivity index (χ1v) is 5.31. The van der Waals surface area contributed by atoms with Crippen LogP contribution in [-0.2, 0) is 4.74 Å². The van der Waals surface area contributed by atoms with Crippen molar-refractivity contribution in [2.45, 2.75) is 6.92 Å². The van der Waals surface area contributed by atoms with Gasteiger partial charge in [-0.2, -0.15) is 5.10 Å². The lowest BCUT2D eigenvalue weighted by Crippen LogP contribution is -2.13. The second-order valence-electron chi connectivity index (χ2n) is 3.06. The Morgan fingerprint density at radius 3 is 2.88 bits per heavy atom. The standard InChI is InChI=1S/C10H9ClN4O2/c1-2-17-10(16)7-5-6-12-15(7)9-4-3-8(11)13-14-9/h3-6H,2H2,1H3. The molecule has 0 aromatic carbocycles. The summed E-state index contributed by atoms with van der Waals surface area (Å²) in [6.07, 6.45) is 1.49.